The molecule has 32 heavy (non-hydrogen) atoms. The maximum Gasteiger partial charge on any atom is 0.411 e. The summed E-state index contributed by atoms with van der Waals surface area (Å²) in [5, 5.41) is 3.58. The SMILES string of the molecule is COc1cc2nccc(Oc3ccc(NC(=O)OC4CCCN(C)C4)cc3)c2cc1OC. The quantitative estimate of drug-likeness (QED) is 0.599. The number of amides is 1. The van der Waals surface area contributed by atoms with Gasteiger partial charge >= 0.3 is 6.09 Å². The molecule has 1 aromatic heterocycles. The molecule has 0 spiro atoms. The normalized spacial score (nSPS) is 16.4. The molecule has 1 N–H and O–H groups in total. The minimum absolute atomic E-state index is 0.0769. The van der Waals surface area contributed by atoms with Crippen molar-refractivity contribution in [1.82, 2.24) is 9.88 Å². The van der Waals surface area contributed by atoms with E-state index in [-0.39, 0.29) is 6.10 Å². The highest BCUT2D eigenvalue weighted by atomic mass is 16.6. The van der Waals surface area contributed by atoms with Gasteiger partial charge < -0.3 is 23.8 Å². The first kappa shape index (κ1) is 21.7. The molecule has 1 amide bonds. The molecule has 1 fully saturated rings. The molecule has 1 aliphatic heterocycles. The van der Waals surface area contributed by atoms with E-state index in [9.17, 15) is 4.79 Å². The molecule has 1 saturated heterocycles. The standard InChI is InChI=1S/C24H27N3O5/c1-27-12-4-5-18(15-27)32-24(28)26-16-6-8-17(9-7-16)31-21-10-11-25-20-14-23(30-3)22(29-2)13-19(20)21/h6-11,13-14,18H,4-5,12,15H2,1-3H3,(H,26,28). The third-order valence-corrected chi connectivity index (χ3v) is 5.39. The van der Waals surface area contributed by atoms with Gasteiger partial charge in [0.25, 0.3) is 0 Å². The number of carbonyl (C=O) groups excluding carboxylic acids is 1. The molecule has 1 atom stereocenters. The van der Waals surface area contributed by atoms with Crippen molar-refractivity contribution in [1.29, 1.82) is 0 Å². The summed E-state index contributed by atoms with van der Waals surface area (Å²) in [7, 11) is 5.21. The summed E-state index contributed by atoms with van der Waals surface area (Å²) >= 11 is 0. The number of benzene rings is 2. The Morgan fingerprint density at radius 2 is 1.81 bits per heavy atom. The molecule has 8 nitrogen and oxygen atoms in total. The van der Waals surface area contributed by atoms with E-state index in [0.717, 1.165) is 36.8 Å². The van der Waals surface area contributed by atoms with Gasteiger partial charge in [-0.2, -0.15) is 0 Å². The van der Waals surface area contributed by atoms with Crippen LogP contribution < -0.4 is 19.5 Å². The monoisotopic (exact) mass is 437 g/mol. The van der Waals surface area contributed by atoms with Crippen molar-refractivity contribution in [2.24, 2.45) is 0 Å². The maximum atomic E-state index is 12.2. The fourth-order valence-electron chi connectivity index (χ4n) is 3.78. The summed E-state index contributed by atoms with van der Waals surface area (Å²) in [6, 6.07) is 12.6. The van der Waals surface area contributed by atoms with Crippen LogP contribution in [-0.2, 0) is 4.74 Å². The van der Waals surface area contributed by atoms with Gasteiger partial charge in [0, 0.05) is 29.9 Å². The number of ether oxygens (including phenoxy) is 4. The van der Waals surface area contributed by atoms with Crippen molar-refractivity contribution in [2.45, 2.75) is 18.9 Å². The van der Waals surface area contributed by atoms with Crippen molar-refractivity contribution in [3.63, 3.8) is 0 Å². The fourth-order valence-corrected chi connectivity index (χ4v) is 3.78. The van der Waals surface area contributed by atoms with Gasteiger partial charge in [0.1, 0.15) is 17.6 Å². The van der Waals surface area contributed by atoms with Crippen LogP contribution in [0.15, 0.2) is 48.7 Å². The molecule has 0 saturated carbocycles. The number of methoxy groups -OCH3 is 2. The second-order valence-electron chi connectivity index (χ2n) is 7.72. The first-order valence-corrected chi connectivity index (χ1v) is 10.5. The Bertz CT molecular complexity index is 1090. The Morgan fingerprint density at radius 1 is 1.06 bits per heavy atom. The lowest BCUT2D eigenvalue weighted by Crippen LogP contribution is -2.38. The Kier molecular flexibility index (Phi) is 6.61. The highest BCUT2D eigenvalue weighted by molar-refractivity contribution is 5.88. The van der Waals surface area contributed by atoms with Crippen molar-refractivity contribution < 1.29 is 23.7 Å². The number of fused-ring (bicyclic) bond motifs is 1. The summed E-state index contributed by atoms with van der Waals surface area (Å²) < 4.78 is 22.3. The van der Waals surface area contributed by atoms with Gasteiger partial charge in [0.15, 0.2) is 11.5 Å². The summed E-state index contributed by atoms with van der Waals surface area (Å²) in [6.07, 6.45) is 3.08. The van der Waals surface area contributed by atoms with Gasteiger partial charge in [-0.05, 0) is 62.8 Å². The number of nitrogens with one attached hydrogen (secondary N) is 1. The zero-order valence-corrected chi connectivity index (χ0v) is 18.5. The number of piperidine rings is 1. The minimum Gasteiger partial charge on any atom is -0.493 e. The Hall–Kier alpha value is -3.52. The van der Waals surface area contributed by atoms with E-state index < -0.39 is 6.09 Å². The number of aromatic nitrogens is 1. The Balaban J connectivity index is 1.43. The fraction of sp³-hybridized carbons (Fsp3) is 0.333. The first-order chi connectivity index (χ1) is 15.6. The highest BCUT2D eigenvalue weighted by Crippen LogP contribution is 2.37. The molecule has 0 bridgehead atoms. The van der Waals surface area contributed by atoms with E-state index in [0.29, 0.717) is 28.7 Å². The van der Waals surface area contributed by atoms with Gasteiger partial charge in [-0.15, -0.1) is 0 Å². The Labute approximate surface area is 187 Å². The van der Waals surface area contributed by atoms with E-state index in [1.807, 2.05) is 19.2 Å². The molecule has 168 valence electrons. The average Bonchev–Trinajstić information content (AvgIpc) is 2.79. The Morgan fingerprint density at radius 3 is 2.53 bits per heavy atom. The molecule has 2 aromatic carbocycles. The smallest absolute Gasteiger partial charge is 0.411 e. The largest absolute Gasteiger partial charge is 0.493 e. The number of carbonyl (C=O) groups is 1. The number of rotatable bonds is 6. The lowest BCUT2D eigenvalue weighted by Gasteiger charge is -2.29. The van der Waals surface area contributed by atoms with Crippen LogP contribution in [0.2, 0.25) is 0 Å². The molecule has 4 rings (SSSR count). The molecular weight excluding hydrogens is 410 g/mol. The van der Waals surface area contributed by atoms with Gasteiger partial charge in [-0.25, -0.2) is 4.79 Å². The number of nitrogens with zero attached hydrogens (tertiary/aromatic N) is 2. The van der Waals surface area contributed by atoms with Crippen LogP contribution in [0.25, 0.3) is 10.9 Å². The number of anilines is 1. The third-order valence-electron chi connectivity index (χ3n) is 5.39. The average molecular weight is 437 g/mol. The van der Waals surface area contributed by atoms with Crippen LogP contribution >= 0.6 is 0 Å². The molecule has 0 radical (unpaired) electrons. The first-order valence-electron chi connectivity index (χ1n) is 10.5. The van der Waals surface area contributed by atoms with Crippen LogP contribution in [0.1, 0.15) is 12.8 Å². The lowest BCUT2D eigenvalue weighted by atomic mass is 10.1. The molecule has 2 heterocycles. The zero-order valence-electron chi connectivity index (χ0n) is 18.5. The van der Waals surface area contributed by atoms with Gasteiger partial charge in [-0.1, -0.05) is 0 Å². The van der Waals surface area contributed by atoms with E-state index in [1.54, 1.807) is 50.7 Å². The summed E-state index contributed by atoms with van der Waals surface area (Å²) in [6.45, 7) is 1.80. The van der Waals surface area contributed by atoms with Crippen LogP contribution in [0.5, 0.6) is 23.0 Å². The maximum absolute atomic E-state index is 12.2. The number of hydrogen-bond donors (Lipinski definition) is 1. The third kappa shape index (κ3) is 5.03. The second kappa shape index (κ2) is 9.74. The van der Waals surface area contributed by atoms with Gasteiger partial charge in [0.2, 0.25) is 0 Å². The zero-order chi connectivity index (χ0) is 22.5. The van der Waals surface area contributed by atoms with E-state index >= 15 is 0 Å². The number of hydrogen-bond acceptors (Lipinski definition) is 7. The predicted molar refractivity (Wildman–Crippen MR) is 122 cm³/mol. The van der Waals surface area contributed by atoms with Crippen molar-refractivity contribution in [3.8, 4) is 23.0 Å². The van der Waals surface area contributed by atoms with E-state index in [1.165, 1.54) is 0 Å². The van der Waals surface area contributed by atoms with Crippen molar-refractivity contribution >= 4 is 22.7 Å². The molecule has 1 aliphatic rings. The topological polar surface area (TPSA) is 82.2 Å². The molecule has 8 heteroatoms. The van der Waals surface area contributed by atoms with Crippen LogP contribution in [0, 0.1) is 0 Å². The summed E-state index contributed by atoms with van der Waals surface area (Å²) in [5.41, 5.74) is 1.37. The van der Waals surface area contributed by atoms with Crippen LogP contribution in [0.3, 0.4) is 0 Å². The van der Waals surface area contributed by atoms with Crippen LogP contribution in [0.4, 0.5) is 10.5 Å². The summed E-state index contributed by atoms with van der Waals surface area (Å²) in [4.78, 5) is 18.8. The number of likely N-dealkylation sites (N-methyl/N-ethyl adjacent to an activating group) is 1. The highest BCUT2D eigenvalue weighted by Gasteiger charge is 2.20. The van der Waals surface area contributed by atoms with Crippen LogP contribution in [-0.4, -0.2) is 56.4 Å². The van der Waals surface area contributed by atoms with E-state index in [4.69, 9.17) is 18.9 Å². The van der Waals surface area contributed by atoms with E-state index in [2.05, 4.69) is 15.2 Å². The molecule has 1 unspecified atom stereocenters. The van der Waals surface area contributed by atoms with Crippen molar-refractivity contribution in [3.05, 3.63) is 48.7 Å². The van der Waals surface area contributed by atoms with Gasteiger partial charge in [0.05, 0.1) is 19.7 Å². The molecular formula is C24H27N3O5. The van der Waals surface area contributed by atoms with Crippen molar-refractivity contribution in [2.75, 3.05) is 39.7 Å². The predicted octanol–water partition coefficient (Wildman–Crippen LogP) is 4.69. The lowest BCUT2D eigenvalue weighted by molar-refractivity contribution is 0.0593. The molecule has 0 aliphatic carbocycles. The minimum atomic E-state index is -0.444. The molecule has 3 aromatic rings. The van der Waals surface area contributed by atoms with Gasteiger partial charge in [-0.3, -0.25) is 10.3 Å². The number of pyridine rings is 1. The number of likely N-dealkylation sites (tertiary alicyclic amines) is 1. The summed E-state index contributed by atoms with van der Waals surface area (Å²) in [5.74, 6) is 2.46. The second-order valence-corrected chi connectivity index (χ2v) is 7.72.